The van der Waals surface area contributed by atoms with E-state index in [1.54, 1.807) is 23.5 Å². The Morgan fingerprint density at radius 2 is 1.84 bits per heavy atom. The van der Waals surface area contributed by atoms with E-state index in [1.165, 1.54) is 10.3 Å². The molecule has 3 aromatic rings. The Hall–Kier alpha value is -2.11. The van der Waals surface area contributed by atoms with Crippen LogP contribution < -0.4 is 4.90 Å². The van der Waals surface area contributed by atoms with Crippen molar-refractivity contribution in [2.45, 2.75) is 6.92 Å². The topological polar surface area (TPSA) is 36.4 Å². The van der Waals surface area contributed by atoms with Crippen LogP contribution in [0, 0.1) is 6.92 Å². The summed E-state index contributed by atoms with van der Waals surface area (Å²) in [5.74, 6) is 0.00499. The number of rotatable bonds is 2. The van der Waals surface area contributed by atoms with Crippen molar-refractivity contribution in [2.24, 2.45) is 0 Å². The zero-order chi connectivity index (χ0) is 17.4. The Morgan fingerprint density at radius 1 is 1.08 bits per heavy atom. The Kier molecular flexibility index (Phi) is 4.36. The minimum absolute atomic E-state index is 0.00499. The van der Waals surface area contributed by atoms with Crippen molar-refractivity contribution in [1.29, 1.82) is 0 Å². The Balaban J connectivity index is 1.48. The molecule has 6 heteroatoms. The van der Waals surface area contributed by atoms with E-state index in [9.17, 15) is 4.79 Å². The molecule has 0 N–H and O–H groups in total. The summed E-state index contributed by atoms with van der Waals surface area (Å²) in [5.41, 5.74) is 2.86. The van der Waals surface area contributed by atoms with Crippen molar-refractivity contribution >= 4 is 44.2 Å². The molecule has 0 radical (unpaired) electrons. The van der Waals surface area contributed by atoms with E-state index in [0.29, 0.717) is 23.7 Å². The molecule has 1 saturated heterocycles. The molecule has 0 saturated carbocycles. The van der Waals surface area contributed by atoms with Crippen molar-refractivity contribution in [3.8, 4) is 0 Å². The monoisotopic (exact) mass is 371 g/mol. The lowest BCUT2D eigenvalue weighted by Gasteiger charge is -2.34. The normalized spacial score (nSPS) is 15.0. The molecule has 0 bridgehead atoms. The molecule has 4 nitrogen and oxygen atoms in total. The number of para-hydroxylation sites is 1. The number of benzene rings is 2. The number of hydrogen-bond donors (Lipinski definition) is 0. The molecule has 1 aromatic heterocycles. The second-order valence-corrected chi connectivity index (χ2v) is 7.59. The molecule has 1 fully saturated rings. The van der Waals surface area contributed by atoms with E-state index in [-0.39, 0.29) is 5.91 Å². The number of anilines is 1. The van der Waals surface area contributed by atoms with Crippen LogP contribution in [0.5, 0.6) is 0 Å². The van der Waals surface area contributed by atoms with Crippen molar-refractivity contribution < 1.29 is 4.79 Å². The summed E-state index contributed by atoms with van der Waals surface area (Å²) in [6, 6.07) is 13.5. The summed E-state index contributed by atoms with van der Waals surface area (Å²) in [5, 5.41) is 1.55. The van der Waals surface area contributed by atoms with Gasteiger partial charge >= 0.3 is 0 Å². The van der Waals surface area contributed by atoms with Crippen LogP contribution in [-0.4, -0.2) is 42.0 Å². The summed E-state index contributed by atoms with van der Waals surface area (Å²) in [4.78, 5) is 21.6. The zero-order valence-corrected chi connectivity index (χ0v) is 15.5. The second-order valence-electron chi connectivity index (χ2n) is 6.18. The van der Waals surface area contributed by atoms with Gasteiger partial charge in [0.15, 0.2) is 5.13 Å². The maximum absolute atomic E-state index is 12.7. The van der Waals surface area contributed by atoms with Crippen molar-refractivity contribution in [3.63, 3.8) is 0 Å². The molecule has 4 rings (SSSR count). The van der Waals surface area contributed by atoms with Gasteiger partial charge in [0.1, 0.15) is 0 Å². The number of halogens is 1. The van der Waals surface area contributed by atoms with E-state index in [4.69, 9.17) is 16.6 Å². The van der Waals surface area contributed by atoms with E-state index in [1.807, 2.05) is 17.0 Å². The first kappa shape index (κ1) is 16.4. The predicted molar refractivity (Wildman–Crippen MR) is 104 cm³/mol. The lowest BCUT2D eigenvalue weighted by molar-refractivity contribution is 0.0747. The molecule has 1 aliphatic rings. The van der Waals surface area contributed by atoms with Gasteiger partial charge in [-0.1, -0.05) is 47.2 Å². The molecule has 0 unspecified atom stereocenters. The Morgan fingerprint density at radius 3 is 2.56 bits per heavy atom. The molecular formula is C19H18ClN3OS. The van der Waals surface area contributed by atoms with Crippen molar-refractivity contribution in [3.05, 3.63) is 58.6 Å². The molecule has 128 valence electrons. The summed E-state index contributed by atoms with van der Waals surface area (Å²) in [6.45, 7) is 5.02. The van der Waals surface area contributed by atoms with Crippen LogP contribution >= 0.6 is 22.9 Å². The van der Waals surface area contributed by atoms with Crippen molar-refractivity contribution in [2.75, 3.05) is 31.1 Å². The van der Waals surface area contributed by atoms with Gasteiger partial charge in [-0.3, -0.25) is 4.79 Å². The fourth-order valence-corrected chi connectivity index (χ4v) is 4.43. The molecule has 0 aliphatic carbocycles. The lowest BCUT2D eigenvalue weighted by Crippen LogP contribution is -2.48. The number of amides is 1. The van der Waals surface area contributed by atoms with E-state index in [2.05, 4.69) is 30.0 Å². The van der Waals surface area contributed by atoms with Crippen LogP contribution in [0.2, 0.25) is 5.02 Å². The maximum atomic E-state index is 12.7. The number of aromatic nitrogens is 1. The smallest absolute Gasteiger partial charge is 0.255 e. The average Bonchev–Trinajstić information content (AvgIpc) is 3.07. The van der Waals surface area contributed by atoms with Crippen LogP contribution in [0.15, 0.2) is 42.5 Å². The fraction of sp³-hybridized carbons (Fsp3) is 0.263. The van der Waals surface area contributed by atoms with Gasteiger partial charge in [-0.2, -0.15) is 0 Å². The Labute approximate surface area is 155 Å². The van der Waals surface area contributed by atoms with Gasteiger partial charge in [0.05, 0.1) is 20.8 Å². The summed E-state index contributed by atoms with van der Waals surface area (Å²) >= 11 is 7.87. The Bertz CT molecular complexity index is 931. The average molecular weight is 372 g/mol. The number of carbonyl (C=O) groups excluding carboxylic acids is 1. The standard InChI is InChI=1S/C19H18ClN3OS/c1-13-5-4-8-16-17(13)21-19(25-16)23-11-9-22(10-12-23)18(24)14-6-2-3-7-15(14)20/h2-8H,9-12H2,1H3. The molecule has 1 aliphatic heterocycles. The van der Waals surface area contributed by atoms with Gasteiger partial charge in [0, 0.05) is 26.2 Å². The van der Waals surface area contributed by atoms with Crippen molar-refractivity contribution in [1.82, 2.24) is 9.88 Å². The number of nitrogens with zero attached hydrogens (tertiary/aromatic N) is 3. The van der Waals surface area contributed by atoms with Gasteiger partial charge < -0.3 is 9.80 Å². The highest BCUT2D eigenvalue weighted by Gasteiger charge is 2.25. The quantitative estimate of drug-likeness (QED) is 0.676. The van der Waals surface area contributed by atoms with E-state index in [0.717, 1.165) is 23.7 Å². The third-order valence-electron chi connectivity index (χ3n) is 4.55. The number of carbonyl (C=O) groups is 1. The number of thiazole rings is 1. The fourth-order valence-electron chi connectivity index (χ4n) is 3.12. The molecular weight excluding hydrogens is 354 g/mol. The third-order valence-corrected chi connectivity index (χ3v) is 5.96. The zero-order valence-electron chi connectivity index (χ0n) is 13.9. The highest BCUT2D eigenvalue weighted by molar-refractivity contribution is 7.22. The molecule has 2 aromatic carbocycles. The highest BCUT2D eigenvalue weighted by atomic mass is 35.5. The minimum Gasteiger partial charge on any atom is -0.345 e. The van der Waals surface area contributed by atoms with E-state index < -0.39 is 0 Å². The first-order chi connectivity index (χ1) is 12.1. The SMILES string of the molecule is Cc1cccc2sc(N3CCN(C(=O)c4ccccc4Cl)CC3)nc12. The maximum Gasteiger partial charge on any atom is 0.255 e. The van der Waals surface area contributed by atoms with Crippen LogP contribution in [0.25, 0.3) is 10.2 Å². The predicted octanol–water partition coefficient (Wildman–Crippen LogP) is 4.22. The molecule has 0 atom stereocenters. The number of aryl methyl sites for hydroxylation is 1. The molecule has 2 heterocycles. The van der Waals surface area contributed by atoms with Crippen LogP contribution in [0.3, 0.4) is 0 Å². The van der Waals surface area contributed by atoms with Gasteiger partial charge in [0.2, 0.25) is 0 Å². The first-order valence-electron chi connectivity index (χ1n) is 8.28. The summed E-state index contributed by atoms with van der Waals surface area (Å²) < 4.78 is 1.21. The second kappa shape index (κ2) is 6.65. The largest absolute Gasteiger partial charge is 0.345 e. The lowest BCUT2D eigenvalue weighted by atomic mass is 10.2. The molecule has 25 heavy (non-hydrogen) atoms. The summed E-state index contributed by atoms with van der Waals surface area (Å²) in [6.07, 6.45) is 0. The number of fused-ring (bicyclic) bond motifs is 1. The molecule has 0 spiro atoms. The highest BCUT2D eigenvalue weighted by Crippen LogP contribution is 2.31. The van der Waals surface area contributed by atoms with Gasteiger partial charge in [0.25, 0.3) is 5.91 Å². The van der Waals surface area contributed by atoms with Crippen LogP contribution in [0.4, 0.5) is 5.13 Å². The number of hydrogen-bond acceptors (Lipinski definition) is 4. The third kappa shape index (κ3) is 3.10. The van der Waals surface area contributed by atoms with Crippen LogP contribution in [0.1, 0.15) is 15.9 Å². The van der Waals surface area contributed by atoms with E-state index >= 15 is 0 Å². The van der Waals surface area contributed by atoms with Crippen LogP contribution in [-0.2, 0) is 0 Å². The minimum atomic E-state index is 0.00499. The number of piperazine rings is 1. The summed E-state index contributed by atoms with van der Waals surface area (Å²) in [7, 11) is 0. The molecule has 1 amide bonds. The first-order valence-corrected chi connectivity index (χ1v) is 9.48. The van der Waals surface area contributed by atoms with Gasteiger partial charge in [-0.25, -0.2) is 4.98 Å². The van der Waals surface area contributed by atoms with Gasteiger partial charge in [-0.15, -0.1) is 0 Å². The van der Waals surface area contributed by atoms with Gasteiger partial charge in [-0.05, 0) is 30.7 Å².